The topological polar surface area (TPSA) is 90.4 Å². The van der Waals surface area contributed by atoms with Crippen LogP contribution in [0.2, 0.25) is 0 Å². The fraction of sp³-hybridized carbons (Fsp3) is 0. The number of rotatable bonds is 7. The molecular formula is C60H40BN11. The lowest BCUT2D eigenvalue weighted by Gasteiger charge is -2.44. The van der Waals surface area contributed by atoms with Gasteiger partial charge in [-0.05, 0) is 113 Å². The molecule has 0 fully saturated rings. The summed E-state index contributed by atoms with van der Waals surface area (Å²) in [6.45, 7) is -0.0545. The molecule has 0 aliphatic carbocycles. The molecule has 9 aromatic rings. The monoisotopic (exact) mass is 925 g/mol. The number of benzene rings is 9. The van der Waals surface area contributed by atoms with Gasteiger partial charge in [0.25, 0.3) is 6.71 Å². The van der Waals surface area contributed by atoms with E-state index in [2.05, 4.69) is 131 Å². The van der Waals surface area contributed by atoms with Crippen molar-refractivity contribution in [2.24, 2.45) is 30.0 Å². The molecule has 12 heteroatoms. The predicted molar refractivity (Wildman–Crippen MR) is 296 cm³/mol. The van der Waals surface area contributed by atoms with E-state index < -0.39 is 0 Å². The molecule has 0 bridgehead atoms. The number of para-hydroxylation sites is 8. The molecule has 9 aromatic carbocycles. The molecule has 14 rings (SSSR count). The molecule has 5 heterocycles. The van der Waals surface area contributed by atoms with E-state index >= 15 is 0 Å². The lowest BCUT2D eigenvalue weighted by Crippen LogP contribution is -2.61. The van der Waals surface area contributed by atoms with Gasteiger partial charge in [-0.25, -0.2) is 4.90 Å². The molecule has 0 N–H and O–H groups in total. The van der Waals surface area contributed by atoms with Crippen LogP contribution < -0.4 is 36.0 Å². The van der Waals surface area contributed by atoms with E-state index in [0.29, 0.717) is 35.6 Å². The number of hydrogen-bond donors (Lipinski definition) is 0. The van der Waals surface area contributed by atoms with Crippen LogP contribution >= 0.6 is 0 Å². The summed E-state index contributed by atoms with van der Waals surface area (Å²) in [6.07, 6.45) is 0. The van der Waals surface area contributed by atoms with Crippen molar-refractivity contribution in [3.05, 3.63) is 248 Å². The van der Waals surface area contributed by atoms with Crippen LogP contribution in [0.15, 0.2) is 273 Å². The van der Waals surface area contributed by atoms with Gasteiger partial charge in [-0.3, -0.25) is 9.80 Å². The van der Waals surface area contributed by atoms with Crippen LogP contribution in [0, 0.1) is 0 Å². The summed E-state index contributed by atoms with van der Waals surface area (Å²) in [6, 6.07) is 83.7. The predicted octanol–water partition coefficient (Wildman–Crippen LogP) is 11.3. The van der Waals surface area contributed by atoms with Crippen molar-refractivity contribution in [2.45, 2.75) is 0 Å². The van der Waals surface area contributed by atoms with Crippen LogP contribution in [-0.2, 0) is 0 Å². The molecule has 338 valence electrons. The van der Waals surface area contributed by atoms with E-state index in [0.717, 1.165) is 62.4 Å². The summed E-state index contributed by atoms with van der Waals surface area (Å²) in [7, 11) is 0. The standard InChI is InChI=1S/C60H40BN11/c1-7-23-42(24-8-1)68(43-25-9-2-10-26-43)58-64-56-62-55(63-57-65-59(67-60(66-58)72(56)57)69(44-27-11-3-12-28-44)45-29-13-4-14-30-45)41-39-52-54-53(40-41)71(47-33-17-6-18-34-47)51-38-22-20-36-49(51)61(54)48-35-19-21-37-50(48)70(52)46-31-15-5-16-32-46/h1-40H. The fourth-order valence-electron chi connectivity index (χ4n) is 10.4. The van der Waals surface area contributed by atoms with Crippen molar-refractivity contribution in [2.75, 3.05) is 19.6 Å². The van der Waals surface area contributed by atoms with Crippen LogP contribution in [0.1, 0.15) is 5.56 Å². The van der Waals surface area contributed by atoms with Crippen molar-refractivity contribution >= 4 is 116 Å². The molecule has 5 aliphatic rings. The van der Waals surface area contributed by atoms with Crippen molar-refractivity contribution in [3.63, 3.8) is 0 Å². The molecule has 5 aliphatic heterocycles. The number of hydrogen-bond acceptors (Lipinski definition) is 11. The van der Waals surface area contributed by atoms with E-state index in [1.807, 2.05) is 131 Å². The average molecular weight is 926 g/mol. The van der Waals surface area contributed by atoms with Gasteiger partial charge in [0.2, 0.25) is 29.8 Å². The molecule has 0 aromatic heterocycles. The number of fused-ring (bicyclic) bond motifs is 4. The Kier molecular flexibility index (Phi) is 9.66. The number of guanidine groups is 5. The van der Waals surface area contributed by atoms with Gasteiger partial charge >= 0.3 is 0 Å². The summed E-state index contributed by atoms with van der Waals surface area (Å²) in [5.74, 6) is 2.22. The number of amidine groups is 1. The van der Waals surface area contributed by atoms with Gasteiger partial charge in [0.05, 0.1) is 0 Å². The first-order chi connectivity index (χ1) is 35.7. The largest absolute Gasteiger partial charge is 0.311 e. The highest BCUT2D eigenvalue weighted by Gasteiger charge is 2.44. The van der Waals surface area contributed by atoms with Crippen LogP contribution in [0.4, 0.5) is 56.9 Å². The minimum atomic E-state index is -0.0545. The molecular weight excluding hydrogens is 886 g/mol. The van der Waals surface area contributed by atoms with E-state index in [9.17, 15) is 0 Å². The van der Waals surface area contributed by atoms with Crippen LogP contribution in [-0.4, -0.2) is 47.2 Å². The van der Waals surface area contributed by atoms with Crippen molar-refractivity contribution in [1.29, 1.82) is 0 Å². The van der Waals surface area contributed by atoms with Crippen LogP contribution in [0.5, 0.6) is 0 Å². The first-order valence-corrected chi connectivity index (χ1v) is 23.9. The van der Waals surface area contributed by atoms with Gasteiger partial charge < -0.3 is 9.80 Å². The van der Waals surface area contributed by atoms with E-state index in [1.54, 1.807) is 4.90 Å². The Labute approximate surface area is 416 Å². The fourth-order valence-corrected chi connectivity index (χ4v) is 10.4. The number of aliphatic imine (C=N–C) groups is 6. The third-order valence-corrected chi connectivity index (χ3v) is 13.4. The smallest absolute Gasteiger partial charge is 0.252 e. The normalized spacial score (nSPS) is 14.8. The second-order valence-electron chi connectivity index (χ2n) is 17.7. The zero-order chi connectivity index (χ0) is 47.5. The second-order valence-corrected chi connectivity index (χ2v) is 17.7. The molecule has 72 heavy (non-hydrogen) atoms. The van der Waals surface area contributed by atoms with Crippen molar-refractivity contribution < 1.29 is 0 Å². The van der Waals surface area contributed by atoms with Gasteiger partial charge in [-0.1, -0.05) is 146 Å². The van der Waals surface area contributed by atoms with Crippen molar-refractivity contribution in [1.82, 2.24) is 4.90 Å². The Morgan fingerprint density at radius 1 is 0.306 bits per heavy atom. The summed E-state index contributed by atoms with van der Waals surface area (Å²) < 4.78 is 0. The quantitative estimate of drug-likeness (QED) is 0.149. The first kappa shape index (κ1) is 41.1. The molecule has 0 saturated carbocycles. The number of anilines is 10. The van der Waals surface area contributed by atoms with Crippen LogP contribution in [0.3, 0.4) is 0 Å². The summed E-state index contributed by atoms with van der Waals surface area (Å²) in [5.41, 5.74) is 14.3. The molecule has 0 atom stereocenters. The van der Waals surface area contributed by atoms with Gasteiger partial charge in [0.15, 0.2) is 5.84 Å². The summed E-state index contributed by atoms with van der Waals surface area (Å²) in [5, 5.41) is 0. The molecule has 0 saturated heterocycles. The van der Waals surface area contributed by atoms with Gasteiger partial charge in [-0.15, -0.1) is 0 Å². The molecule has 11 nitrogen and oxygen atoms in total. The van der Waals surface area contributed by atoms with Gasteiger partial charge in [0, 0.05) is 62.4 Å². The maximum atomic E-state index is 5.41. The lowest BCUT2D eigenvalue weighted by molar-refractivity contribution is 0.823. The Morgan fingerprint density at radius 2 is 0.653 bits per heavy atom. The highest BCUT2D eigenvalue weighted by Crippen LogP contribution is 2.45. The third-order valence-electron chi connectivity index (χ3n) is 13.4. The molecule has 0 radical (unpaired) electrons. The zero-order valence-electron chi connectivity index (χ0n) is 38.6. The van der Waals surface area contributed by atoms with E-state index in [-0.39, 0.29) is 6.71 Å². The first-order valence-electron chi connectivity index (χ1n) is 23.9. The lowest BCUT2D eigenvalue weighted by atomic mass is 9.33. The molecule has 0 amide bonds. The van der Waals surface area contributed by atoms with Crippen molar-refractivity contribution in [3.8, 4) is 0 Å². The Morgan fingerprint density at radius 3 is 1.07 bits per heavy atom. The highest BCUT2D eigenvalue weighted by atomic mass is 15.5. The van der Waals surface area contributed by atoms with E-state index in [1.165, 1.54) is 16.4 Å². The van der Waals surface area contributed by atoms with Crippen LogP contribution in [0.25, 0.3) is 0 Å². The Bertz CT molecular complexity index is 3500. The molecule has 0 spiro atoms. The number of nitrogens with zero attached hydrogens (tertiary/aromatic N) is 11. The third kappa shape index (κ3) is 6.76. The Hall–Kier alpha value is -9.94. The zero-order valence-corrected chi connectivity index (χ0v) is 38.6. The summed E-state index contributed by atoms with van der Waals surface area (Å²) >= 11 is 0. The summed E-state index contributed by atoms with van der Waals surface area (Å²) in [4.78, 5) is 42.5. The second kappa shape index (κ2) is 16.9. The van der Waals surface area contributed by atoms with Gasteiger partial charge in [0.1, 0.15) is 0 Å². The molecule has 0 unspecified atom stereocenters. The van der Waals surface area contributed by atoms with E-state index in [4.69, 9.17) is 30.0 Å². The van der Waals surface area contributed by atoms with Gasteiger partial charge in [-0.2, -0.15) is 30.0 Å². The maximum absolute atomic E-state index is 5.41. The average Bonchev–Trinajstić information content (AvgIpc) is 3.44. The highest BCUT2D eigenvalue weighted by molar-refractivity contribution is 7.00. The maximum Gasteiger partial charge on any atom is 0.252 e. The SMILES string of the molecule is c1ccc(N(C2=NC3=NC(c4cc5c6c(c4)N(c4ccccc4)c4ccccc4B6c4ccccc4N5c4ccccc4)=NC4=NC(N(c5ccccc5)c5ccccc5)=NC(=N2)N34)c2ccccc2)cc1. The minimum Gasteiger partial charge on any atom is -0.311 e. The minimum absolute atomic E-state index is 0.0545. The Balaban J connectivity index is 1.03.